The van der Waals surface area contributed by atoms with E-state index in [1.54, 1.807) is 5.57 Å². The van der Waals surface area contributed by atoms with Crippen molar-refractivity contribution in [3.8, 4) is 0 Å². The summed E-state index contributed by atoms with van der Waals surface area (Å²) in [5, 5.41) is 3.46. The van der Waals surface area contributed by atoms with Crippen molar-refractivity contribution in [3.63, 3.8) is 0 Å². The first-order chi connectivity index (χ1) is 7.28. The molecular formula is C14H23N. The minimum atomic E-state index is 0.564. The molecule has 0 radical (unpaired) electrons. The standard InChI is InChI=1S/C14H23N/c1-4-6-7-11(5-2)14-9-8-13(15-3)12(14)10-14/h5-7,12-13,15H,4,8-10H2,1-3H3/b7-6-,11-5+. The largest absolute Gasteiger partial charge is 0.317 e. The van der Waals surface area contributed by atoms with Gasteiger partial charge in [0.1, 0.15) is 0 Å². The van der Waals surface area contributed by atoms with Crippen molar-refractivity contribution in [2.24, 2.45) is 11.3 Å². The van der Waals surface area contributed by atoms with Crippen LogP contribution >= 0.6 is 0 Å². The van der Waals surface area contributed by atoms with Crippen molar-refractivity contribution in [2.45, 2.75) is 45.6 Å². The summed E-state index contributed by atoms with van der Waals surface area (Å²) in [6.45, 7) is 4.39. The van der Waals surface area contributed by atoms with Gasteiger partial charge < -0.3 is 5.32 Å². The molecule has 1 heteroatoms. The van der Waals surface area contributed by atoms with Crippen LogP contribution < -0.4 is 5.32 Å². The lowest BCUT2D eigenvalue weighted by Gasteiger charge is -2.12. The predicted octanol–water partition coefficient (Wildman–Crippen LogP) is 3.29. The maximum Gasteiger partial charge on any atom is 0.0101 e. The van der Waals surface area contributed by atoms with Crippen LogP contribution in [0, 0.1) is 11.3 Å². The summed E-state index contributed by atoms with van der Waals surface area (Å²) < 4.78 is 0. The summed E-state index contributed by atoms with van der Waals surface area (Å²) in [6, 6.07) is 0.773. The minimum absolute atomic E-state index is 0.564. The second-order valence-corrected chi connectivity index (χ2v) is 4.96. The summed E-state index contributed by atoms with van der Waals surface area (Å²) in [4.78, 5) is 0. The van der Waals surface area contributed by atoms with E-state index in [0.717, 1.165) is 18.4 Å². The molecule has 0 spiro atoms. The third kappa shape index (κ3) is 1.67. The van der Waals surface area contributed by atoms with Crippen LogP contribution in [0.15, 0.2) is 23.8 Å². The Bertz CT molecular complexity index is 290. The lowest BCUT2D eigenvalue weighted by molar-refractivity contribution is 0.519. The molecule has 0 saturated heterocycles. The molecule has 3 unspecified atom stereocenters. The molecule has 3 atom stereocenters. The van der Waals surface area contributed by atoms with Gasteiger partial charge in [-0.15, -0.1) is 0 Å². The van der Waals surface area contributed by atoms with E-state index in [4.69, 9.17) is 0 Å². The molecule has 2 fully saturated rings. The summed E-state index contributed by atoms with van der Waals surface area (Å²) in [7, 11) is 2.11. The van der Waals surface area contributed by atoms with E-state index in [9.17, 15) is 0 Å². The van der Waals surface area contributed by atoms with Gasteiger partial charge in [0.2, 0.25) is 0 Å². The van der Waals surface area contributed by atoms with E-state index in [2.05, 4.69) is 44.4 Å². The monoisotopic (exact) mass is 205 g/mol. The normalized spacial score (nSPS) is 39.8. The average molecular weight is 205 g/mol. The molecule has 2 aliphatic rings. The molecule has 0 aromatic rings. The highest BCUT2D eigenvalue weighted by Gasteiger charge is 2.62. The molecule has 15 heavy (non-hydrogen) atoms. The van der Waals surface area contributed by atoms with Crippen molar-refractivity contribution in [1.29, 1.82) is 0 Å². The van der Waals surface area contributed by atoms with Crippen LogP contribution in [0.3, 0.4) is 0 Å². The van der Waals surface area contributed by atoms with Crippen molar-refractivity contribution >= 4 is 0 Å². The Morgan fingerprint density at radius 1 is 1.53 bits per heavy atom. The molecule has 0 amide bonds. The smallest absolute Gasteiger partial charge is 0.0101 e. The van der Waals surface area contributed by atoms with Gasteiger partial charge in [-0.05, 0) is 56.6 Å². The maximum atomic E-state index is 3.46. The number of hydrogen-bond acceptors (Lipinski definition) is 1. The highest BCUT2D eigenvalue weighted by molar-refractivity contribution is 5.37. The van der Waals surface area contributed by atoms with Gasteiger partial charge in [-0.3, -0.25) is 0 Å². The zero-order valence-corrected chi connectivity index (χ0v) is 10.2. The Morgan fingerprint density at radius 2 is 2.33 bits per heavy atom. The van der Waals surface area contributed by atoms with Gasteiger partial charge in [-0.2, -0.15) is 0 Å². The zero-order chi connectivity index (χ0) is 10.9. The van der Waals surface area contributed by atoms with Crippen LogP contribution in [0.2, 0.25) is 0 Å². The molecular weight excluding hydrogens is 182 g/mol. The molecule has 0 heterocycles. The number of hydrogen-bond donors (Lipinski definition) is 1. The van der Waals surface area contributed by atoms with Crippen LogP contribution in [-0.4, -0.2) is 13.1 Å². The van der Waals surface area contributed by atoms with Crippen LogP contribution in [0.1, 0.15) is 39.5 Å². The lowest BCUT2D eigenvalue weighted by Crippen LogP contribution is -2.24. The second-order valence-electron chi connectivity index (χ2n) is 4.96. The summed E-state index contributed by atoms with van der Waals surface area (Å²) in [5.74, 6) is 0.912. The molecule has 1 nitrogen and oxygen atoms in total. The van der Waals surface area contributed by atoms with Crippen LogP contribution in [0.5, 0.6) is 0 Å². The molecule has 0 bridgehead atoms. The van der Waals surface area contributed by atoms with Gasteiger partial charge in [0.25, 0.3) is 0 Å². The van der Waals surface area contributed by atoms with Crippen molar-refractivity contribution < 1.29 is 0 Å². The van der Waals surface area contributed by atoms with E-state index in [0.29, 0.717) is 5.41 Å². The SMILES string of the molecule is C/C=C(\C=C/CC)C12CCC(NC)C1C2. The second kappa shape index (κ2) is 4.13. The first-order valence-corrected chi connectivity index (χ1v) is 6.29. The Kier molecular flexibility index (Phi) is 3.01. The van der Waals surface area contributed by atoms with Crippen LogP contribution in [0.25, 0.3) is 0 Å². The fraction of sp³-hybridized carbons (Fsp3) is 0.714. The summed E-state index contributed by atoms with van der Waals surface area (Å²) in [5.41, 5.74) is 2.15. The summed E-state index contributed by atoms with van der Waals surface area (Å²) in [6.07, 6.45) is 12.3. The Hall–Kier alpha value is -0.560. The predicted molar refractivity (Wildman–Crippen MR) is 65.8 cm³/mol. The molecule has 0 aromatic carbocycles. The van der Waals surface area contributed by atoms with Crippen LogP contribution in [-0.2, 0) is 0 Å². The van der Waals surface area contributed by atoms with Gasteiger partial charge in [0.15, 0.2) is 0 Å². The lowest BCUT2D eigenvalue weighted by atomic mass is 9.92. The van der Waals surface area contributed by atoms with Gasteiger partial charge in [-0.1, -0.05) is 25.2 Å². The van der Waals surface area contributed by atoms with E-state index < -0.39 is 0 Å². The first-order valence-electron chi connectivity index (χ1n) is 6.29. The first kappa shape index (κ1) is 10.9. The van der Waals surface area contributed by atoms with E-state index >= 15 is 0 Å². The van der Waals surface area contributed by atoms with E-state index in [-0.39, 0.29) is 0 Å². The molecule has 84 valence electrons. The van der Waals surface area contributed by atoms with E-state index in [1.165, 1.54) is 19.3 Å². The molecule has 0 aliphatic heterocycles. The molecule has 2 saturated carbocycles. The highest BCUT2D eigenvalue weighted by atomic mass is 14.9. The average Bonchev–Trinajstić information content (AvgIpc) is 2.88. The number of fused-ring (bicyclic) bond motifs is 1. The molecule has 0 aromatic heterocycles. The van der Waals surface area contributed by atoms with Crippen molar-refractivity contribution in [3.05, 3.63) is 23.8 Å². The van der Waals surface area contributed by atoms with Crippen molar-refractivity contribution in [2.75, 3.05) is 7.05 Å². The molecule has 2 aliphatic carbocycles. The van der Waals surface area contributed by atoms with Gasteiger partial charge in [0, 0.05) is 6.04 Å². The van der Waals surface area contributed by atoms with Crippen molar-refractivity contribution in [1.82, 2.24) is 5.32 Å². The van der Waals surface area contributed by atoms with E-state index in [1.807, 2.05) is 0 Å². The number of rotatable bonds is 4. The maximum absolute atomic E-state index is 3.46. The minimum Gasteiger partial charge on any atom is -0.317 e. The molecule has 2 rings (SSSR count). The van der Waals surface area contributed by atoms with Gasteiger partial charge in [-0.25, -0.2) is 0 Å². The van der Waals surface area contributed by atoms with Crippen LogP contribution in [0.4, 0.5) is 0 Å². The Balaban J connectivity index is 2.09. The fourth-order valence-corrected chi connectivity index (χ4v) is 3.38. The fourth-order valence-electron chi connectivity index (χ4n) is 3.38. The number of allylic oxidation sites excluding steroid dienone is 4. The third-order valence-electron chi connectivity index (χ3n) is 4.31. The molecule has 1 N–H and O–H groups in total. The number of nitrogens with one attached hydrogen (secondary N) is 1. The van der Waals surface area contributed by atoms with Gasteiger partial charge in [0.05, 0.1) is 0 Å². The Labute approximate surface area is 93.6 Å². The Morgan fingerprint density at radius 3 is 2.80 bits per heavy atom. The zero-order valence-electron chi connectivity index (χ0n) is 10.2. The topological polar surface area (TPSA) is 12.0 Å². The quantitative estimate of drug-likeness (QED) is 0.694. The summed E-state index contributed by atoms with van der Waals surface area (Å²) >= 11 is 0. The highest BCUT2D eigenvalue weighted by Crippen LogP contribution is 2.67. The van der Waals surface area contributed by atoms with Gasteiger partial charge >= 0.3 is 0 Å². The third-order valence-corrected chi connectivity index (χ3v) is 4.31.